The first-order valence-corrected chi connectivity index (χ1v) is 12.3. The molecule has 3 aromatic carbocycles. The molecule has 0 heterocycles. The lowest BCUT2D eigenvalue weighted by Crippen LogP contribution is -2.42. The quantitative estimate of drug-likeness (QED) is 0.343. The molecule has 0 saturated heterocycles. The number of halogens is 1. The molecule has 0 aliphatic heterocycles. The second-order valence-corrected chi connectivity index (χ2v) is 10.9. The molecule has 174 valence electrons. The molecule has 0 radical (unpaired) electrons. The van der Waals surface area contributed by atoms with Crippen molar-refractivity contribution in [1.29, 1.82) is 0 Å². The highest BCUT2D eigenvalue weighted by Gasteiger charge is 2.38. The molecular formula is C23H24ClN3O5S. The Kier molecular flexibility index (Phi) is 5.98. The summed E-state index contributed by atoms with van der Waals surface area (Å²) in [5, 5.41) is 16.6. The fraction of sp³-hybridized carbons (Fsp3) is 0.304. The van der Waals surface area contributed by atoms with Gasteiger partial charge in [-0.2, -0.15) is 0 Å². The van der Waals surface area contributed by atoms with Gasteiger partial charge < -0.3 is 15.7 Å². The van der Waals surface area contributed by atoms with Crippen LogP contribution in [0.2, 0.25) is 5.02 Å². The number of sulfonamides is 1. The van der Waals surface area contributed by atoms with Gasteiger partial charge in [0.15, 0.2) is 5.75 Å². The zero-order chi connectivity index (χ0) is 24.0. The summed E-state index contributed by atoms with van der Waals surface area (Å²) in [4.78, 5) is 24.4. The standard InChI is InChI=1S/C23H24ClN3O5S/c1-27(2)33(31,32)22-15(24)10-11-16(19(22)28)25-17-18(21(30)20(17)29)26-23(12-6-7-13-23)14-8-4-3-5-9-14/h3-5,8-11,25-26,28H,6-7,12-13H2,1-2H3. The Hall–Kier alpha value is -2.88. The van der Waals surface area contributed by atoms with Gasteiger partial charge in [-0.25, -0.2) is 12.7 Å². The van der Waals surface area contributed by atoms with E-state index in [2.05, 4.69) is 10.6 Å². The second kappa shape index (κ2) is 8.48. The maximum Gasteiger partial charge on any atom is 0.253 e. The Balaban J connectivity index is 1.73. The van der Waals surface area contributed by atoms with E-state index in [4.69, 9.17) is 11.6 Å². The van der Waals surface area contributed by atoms with E-state index in [9.17, 15) is 23.1 Å². The van der Waals surface area contributed by atoms with E-state index < -0.39 is 37.1 Å². The van der Waals surface area contributed by atoms with Gasteiger partial charge in [-0.05, 0) is 30.5 Å². The monoisotopic (exact) mass is 489 g/mol. The molecule has 8 nitrogen and oxygen atoms in total. The normalized spacial score (nSPS) is 15.8. The topological polar surface area (TPSA) is 116 Å². The maximum absolute atomic E-state index is 12.6. The summed E-state index contributed by atoms with van der Waals surface area (Å²) in [6.45, 7) is 0. The van der Waals surface area contributed by atoms with Gasteiger partial charge in [-0.1, -0.05) is 54.8 Å². The van der Waals surface area contributed by atoms with Crippen molar-refractivity contribution in [3.63, 3.8) is 0 Å². The fourth-order valence-corrected chi connectivity index (χ4v) is 5.78. The number of nitrogens with one attached hydrogen (secondary N) is 2. The minimum Gasteiger partial charge on any atom is -0.504 e. The van der Waals surface area contributed by atoms with Gasteiger partial charge in [0.25, 0.3) is 10.9 Å². The van der Waals surface area contributed by atoms with Crippen LogP contribution in [0.15, 0.2) is 56.9 Å². The highest BCUT2D eigenvalue weighted by Crippen LogP contribution is 2.43. The Labute approximate surface area is 196 Å². The van der Waals surface area contributed by atoms with Crippen LogP contribution in [0.4, 0.5) is 17.1 Å². The van der Waals surface area contributed by atoms with Gasteiger partial charge in [0, 0.05) is 14.1 Å². The number of nitrogens with zero attached hydrogens (tertiary/aromatic N) is 1. The summed E-state index contributed by atoms with van der Waals surface area (Å²) in [6.07, 6.45) is 3.55. The van der Waals surface area contributed by atoms with Crippen LogP contribution in [0.25, 0.3) is 0 Å². The molecule has 1 fully saturated rings. The van der Waals surface area contributed by atoms with Gasteiger partial charge in [0.1, 0.15) is 16.3 Å². The van der Waals surface area contributed by atoms with E-state index in [-0.39, 0.29) is 22.1 Å². The SMILES string of the molecule is CN(C)S(=O)(=O)c1c(Cl)ccc(Nc2c(NC3(c4ccccc4)CCCC3)c(=O)c2=O)c1O. The van der Waals surface area contributed by atoms with Crippen LogP contribution < -0.4 is 21.5 Å². The van der Waals surface area contributed by atoms with Crippen molar-refractivity contribution in [2.45, 2.75) is 36.1 Å². The van der Waals surface area contributed by atoms with E-state index in [1.165, 1.54) is 26.2 Å². The summed E-state index contributed by atoms with van der Waals surface area (Å²) >= 11 is 6.06. The summed E-state index contributed by atoms with van der Waals surface area (Å²) in [7, 11) is -1.43. The minimum absolute atomic E-state index is 0.0203. The number of anilines is 3. The molecule has 4 rings (SSSR count). The largest absolute Gasteiger partial charge is 0.504 e. The number of hydrogen-bond acceptors (Lipinski definition) is 7. The summed E-state index contributed by atoms with van der Waals surface area (Å²) in [5.41, 5.74) is -0.809. The van der Waals surface area contributed by atoms with Crippen LogP contribution in [0.3, 0.4) is 0 Å². The molecular weight excluding hydrogens is 466 g/mol. The third-order valence-corrected chi connectivity index (χ3v) is 8.46. The summed E-state index contributed by atoms with van der Waals surface area (Å²) in [5.74, 6) is -0.631. The maximum atomic E-state index is 12.6. The molecule has 1 aliphatic rings. The van der Waals surface area contributed by atoms with E-state index in [0.717, 1.165) is 35.6 Å². The molecule has 0 spiro atoms. The lowest BCUT2D eigenvalue weighted by atomic mass is 9.87. The lowest BCUT2D eigenvalue weighted by molar-refractivity contribution is 0.455. The van der Waals surface area contributed by atoms with Gasteiger partial charge in [0.05, 0.1) is 16.2 Å². The third-order valence-electron chi connectivity index (χ3n) is 6.14. The first kappa shape index (κ1) is 23.3. The van der Waals surface area contributed by atoms with Crippen molar-refractivity contribution >= 4 is 38.7 Å². The number of hydrogen-bond donors (Lipinski definition) is 3. The molecule has 0 atom stereocenters. The van der Waals surface area contributed by atoms with Gasteiger partial charge >= 0.3 is 0 Å². The van der Waals surface area contributed by atoms with Crippen molar-refractivity contribution < 1.29 is 13.5 Å². The zero-order valence-corrected chi connectivity index (χ0v) is 19.8. The molecule has 0 bridgehead atoms. The molecule has 33 heavy (non-hydrogen) atoms. The van der Waals surface area contributed by atoms with E-state index in [1.807, 2.05) is 30.3 Å². The van der Waals surface area contributed by atoms with Crippen LogP contribution >= 0.6 is 11.6 Å². The Morgan fingerprint density at radius 1 is 0.970 bits per heavy atom. The van der Waals surface area contributed by atoms with Crippen LogP contribution in [-0.4, -0.2) is 31.9 Å². The van der Waals surface area contributed by atoms with E-state index in [0.29, 0.717) is 0 Å². The second-order valence-electron chi connectivity index (χ2n) is 8.37. The average Bonchev–Trinajstić information content (AvgIpc) is 3.27. The van der Waals surface area contributed by atoms with Crippen LogP contribution in [0.1, 0.15) is 31.2 Å². The van der Waals surface area contributed by atoms with E-state index >= 15 is 0 Å². The molecule has 1 saturated carbocycles. The van der Waals surface area contributed by atoms with Crippen LogP contribution in [-0.2, 0) is 15.6 Å². The van der Waals surface area contributed by atoms with E-state index in [1.54, 1.807) is 0 Å². The third kappa shape index (κ3) is 3.90. The minimum atomic E-state index is -4.06. The fourth-order valence-electron chi connectivity index (χ4n) is 4.30. The molecule has 0 amide bonds. The highest BCUT2D eigenvalue weighted by molar-refractivity contribution is 7.89. The van der Waals surface area contributed by atoms with Gasteiger partial charge in [-0.3, -0.25) is 9.59 Å². The molecule has 3 N–H and O–H groups in total. The van der Waals surface area contributed by atoms with Crippen LogP contribution in [0, 0.1) is 0 Å². The molecule has 1 aliphatic carbocycles. The predicted molar refractivity (Wildman–Crippen MR) is 129 cm³/mol. The van der Waals surface area contributed by atoms with Crippen molar-refractivity contribution in [2.24, 2.45) is 0 Å². The predicted octanol–water partition coefficient (Wildman–Crippen LogP) is 3.52. The molecule has 10 heteroatoms. The zero-order valence-electron chi connectivity index (χ0n) is 18.2. The van der Waals surface area contributed by atoms with Crippen molar-refractivity contribution in [3.05, 3.63) is 73.5 Å². The van der Waals surface area contributed by atoms with Crippen molar-refractivity contribution in [1.82, 2.24) is 4.31 Å². The van der Waals surface area contributed by atoms with Gasteiger partial charge in [-0.15, -0.1) is 0 Å². The average molecular weight is 490 g/mol. The Morgan fingerprint density at radius 3 is 2.18 bits per heavy atom. The van der Waals surface area contributed by atoms with Crippen molar-refractivity contribution in [2.75, 3.05) is 24.7 Å². The Bertz CT molecular complexity index is 1370. The summed E-state index contributed by atoms with van der Waals surface area (Å²) in [6, 6.07) is 12.4. The smallest absolute Gasteiger partial charge is 0.253 e. The first-order chi connectivity index (χ1) is 15.6. The summed E-state index contributed by atoms with van der Waals surface area (Å²) < 4.78 is 26.1. The number of rotatable bonds is 7. The molecule has 0 unspecified atom stereocenters. The van der Waals surface area contributed by atoms with Gasteiger partial charge in [0.2, 0.25) is 10.0 Å². The Morgan fingerprint density at radius 2 is 1.58 bits per heavy atom. The lowest BCUT2D eigenvalue weighted by Gasteiger charge is -2.33. The molecule has 3 aromatic rings. The number of phenols is 1. The first-order valence-electron chi connectivity index (χ1n) is 10.5. The highest BCUT2D eigenvalue weighted by atomic mass is 35.5. The van der Waals surface area contributed by atoms with Crippen molar-refractivity contribution in [3.8, 4) is 5.75 Å². The number of aromatic hydroxyl groups is 1. The number of phenolic OH excluding ortho intramolecular Hbond substituents is 1. The van der Waals surface area contributed by atoms with Crippen LogP contribution in [0.5, 0.6) is 5.75 Å². The number of benzene rings is 2. The molecule has 0 aromatic heterocycles.